The van der Waals surface area contributed by atoms with E-state index < -0.39 is 0 Å². The van der Waals surface area contributed by atoms with E-state index in [2.05, 4.69) is 25.2 Å². The smallest absolute Gasteiger partial charge is 0.317 e. The van der Waals surface area contributed by atoms with E-state index in [9.17, 15) is 4.79 Å². The quantitative estimate of drug-likeness (QED) is 0.924. The Morgan fingerprint density at radius 2 is 2.04 bits per heavy atom. The molecule has 2 aromatic heterocycles. The minimum Gasteiger partial charge on any atom is -0.353 e. The zero-order chi connectivity index (χ0) is 16.2. The van der Waals surface area contributed by atoms with Crippen molar-refractivity contribution >= 4 is 23.2 Å². The topological polar surface area (TPSA) is 74.2 Å². The summed E-state index contributed by atoms with van der Waals surface area (Å²) >= 11 is 1.57. The maximum absolute atomic E-state index is 12.3. The summed E-state index contributed by atoms with van der Waals surface area (Å²) in [6, 6.07) is 1.89. The normalized spacial score (nSPS) is 14.9. The number of rotatable bonds is 3. The lowest BCUT2D eigenvalue weighted by atomic mass is 10.3. The van der Waals surface area contributed by atoms with E-state index in [1.54, 1.807) is 23.0 Å². The molecule has 0 aliphatic carbocycles. The molecule has 3 rings (SSSR count). The SMILES string of the molecule is Cc1nccc(N2CCN(C(=O)NCc3scnc3C)CC2)n1. The van der Waals surface area contributed by atoms with Crippen LogP contribution in [0.5, 0.6) is 0 Å². The molecule has 2 aromatic rings. The standard InChI is InChI=1S/C15H20N6OS/c1-11-13(23-10-18-11)9-17-15(22)21-7-5-20(6-8-21)14-3-4-16-12(2)19-14/h3-4,10H,5-9H2,1-2H3,(H,17,22). The van der Waals surface area contributed by atoms with Crippen LogP contribution in [0.15, 0.2) is 17.8 Å². The number of nitrogens with zero attached hydrogens (tertiary/aromatic N) is 5. The van der Waals surface area contributed by atoms with Crippen LogP contribution in [0.1, 0.15) is 16.4 Å². The number of carbonyl (C=O) groups is 1. The highest BCUT2D eigenvalue weighted by molar-refractivity contribution is 7.09. The van der Waals surface area contributed by atoms with Crippen molar-refractivity contribution in [2.75, 3.05) is 31.1 Å². The summed E-state index contributed by atoms with van der Waals surface area (Å²) in [5, 5.41) is 2.97. The van der Waals surface area contributed by atoms with Crippen molar-refractivity contribution < 1.29 is 4.79 Å². The summed E-state index contributed by atoms with van der Waals surface area (Å²) in [4.78, 5) is 30.1. The molecule has 1 aliphatic heterocycles. The van der Waals surface area contributed by atoms with Crippen LogP contribution in [0.3, 0.4) is 0 Å². The number of anilines is 1. The first kappa shape index (κ1) is 15.7. The van der Waals surface area contributed by atoms with E-state index >= 15 is 0 Å². The fourth-order valence-corrected chi connectivity index (χ4v) is 3.24. The molecule has 1 aliphatic rings. The Morgan fingerprint density at radius 3 is 2.70 bits per heavy atom. The lowest BCUT2D eigenvalue weighted by Crippen LogP contribution is -2.51. The van der Waals surface area contributed by atoms with Gasteiger partial charge in [0.2, 0.25) is 0 Å². The zero-order valence-electron chi connectivity index (χ0n) is 13.3. The summed E-state index contributed by atoms with van der Waals surface area (Å²) in [7, 11) is 0. The highest BCUT2D eigenvalue weighted by Gasteiger charge is 2.22. The molecule has 3 heterocycles. The molecular weight excluding hydrogens is 312 g/mol. The number of aromatic nitrogens is 3. The maximum Gasteiger partial charge on any atom is 0.317 e. The molecule has 0 spiro atoms. The third kappa shape index (κ3) is 3.76. The third-order valence-corrected chi connectivity index (χ3v) is 4.83. The molecule has 1 saturated heterocycles. The molecule has 122 valence electrons. The highest BCUT2D eigenvalue weighted by atomic mass is 32.1. The molecule has 23 heavy (non-hydrogen) atoms. The van der Waals surface area contributed by atoms with Crippen molar-refractivity contribution in [3.8, 4) is 0 Å². The van der Waals surface area contributed by atoms with Gasteiger partial charge in [-0.3, -0.25) is 0 Å². The average Bonchev–Trinajstić information content (AvgIpc) is 2.98. The van der Waals surface area contributed by atoms with Gasteiger partial charge in [-0.1, -0.05) is 0 Å². The van der Waals surface area contributed by atoms with Crippen LogP contribution in [0.2, 0.25) is 0 Å². The Balaban J connectivity index is 1.50. The molecular formula is C15H20N6OS. The Labute approximate surface area is 139 Å². The van der Waals surface area contributed by atoms with Gasteiger partial charge in [0.05, 0.1) is 17.7 Å². The van der Waals surface area contributed by atoms with E-state index in [4.69, 9.17) is 0 Å². The van der Waals surface area contributed by atoms with Crippen molar-refractivity contribution in [2.24, 2.45) is 0 Å². The van der Waals surface area contributed by atoms with E-state index in [1.807, 2.05) is 24.8 Å². The Kier molecular flexibility index (Phi) is 4.71. The third-order valence-electron chi connectivity index (χ3n) is 3.90. The fraction of sp³-hybridized carbons (Fsp3) is 0.467. The van der Waals surface area contributed by atoms with Gasteiger partial charge in [0.25, 0.3) is 0 Å². The van der Waals surface area contributed by atoms with Crippen LogP contribution in [-0.4, -0.2) is 52.1 Å². The molecule has 7 nitrogen and oxygen atoms in total. The van der Waals surface area contributed by atoms with E-state index in [0.717, 1.165) is 35.3 Å². The first-order valence-corrected chi connectivity index (χ1v) is 8.48. The first-order chi connectivity index (χ1) is 11.1. The Morgan fingerprint density at radius 1 is 1.26 bits per heavy atom. The number of hydrogen-bond donors (Lipinski definition) is 1. The van der Waals surface area contributed by atoms with Crippen LogP contribution in [0.25, 0.3) is 0 Å². The fourth-order valence-electron chi connectivity index (χ4n) is 2.52. The minimum atomic E-state index is -0.0173. The second-order valence-electron chi connectivity index (χ2n) is 5.46. The molecule has 8 heteroatoms. The zero-order valence-corrected chi connectivity index (χ0v) is 14.1. The molecule has 1 fully saturated rings. The molecule has 2 amide bonds. The molecule has 1 N–H and O–H groups in total. The number of nitrogens with one attached hydrogen (secondary N) is 1. The van der Waals surface area contributed by atoms with E-state index in [-0.39, 0.29) is 6.03 Å². The number of carbonyl (C=O) groups excluding carboxylic acids is 1. The van der Waals surface area contributed by atoms with Crippen molar-refractivity contribution in [2.45, 2.75) is 20.4 Å². The molecule has 0 unspecified atom stereocenters. The number of piperazine rings is 1. The summed E-state index contributed by atoms with van der Waals surface area (Å²) in [5.74, 6) is 1.69. The van der Waals surface area contributed by atoms with Gasteiger partial charge in [-0.25, -0.2) is 19.7 Å². The summed E-state index contributed by atoms with van der Waals surface area (Å²) in [5.41, 5.74) is 2.79. The van der Waals surface area contributed by atoms with Gasteiger partial charge < -0.3 is 15.1 Å². The molecule has 0 radical (unpaired) electrons. The van der Waals surface area contributed by atoms with Gasteiger partial charge in [0, 0.05) is 37.3 Å². The number of amides is 2. The maximum atomic E-state index is 12.3. The van der Waals surface area contributed by atoms with Crippen LogP contribution >= 0.6 is 11.3 Å². The van der Waals surface area contributed by atoms with Gasteiger partial charge in [0.15, 0.2) is 0 Å². The van der Waals surface area contributed by atoms with Gasteiger partial charge in [-0.2, -0.15) is 0 Å². The van der Waals surface area contributed by atoms with Crippen LogP contribution in [0, 0.1) is 13.8 Å². The molecule has 0 aromatic carbocycles. The predicted molar refractivity (Wildman–Crippen MR) is 89.6 cm³/mol. The van der Waals surface area contributed by atoms with Gasteiger partial charge >= 0.3 is 6.03 Å². The second-order valence-corrected chi connectivity index (χ2v) is 6.40. The average molecular weight is 332 g/mol. The Hall–Kier alpha value is -2.22. The molecule has 0 atom stereocenters. The highest BCUT2D eigenvalue weighted by Crippen LogP contribution is 2.14. The minimum absolute atomic E-state index is 0.0173. The van der Waals surface area contributed by atoms with Crippen molar-refractivity contribution in [3.05, 3.63) is 34.2 Å². The largest absolute Gasteiger partial charge is 0.353 e. The summed E-state index contributed by atoms with van der Waals surface area (Å²) in [6.45, 7) is 7.33. The van der Waals surface area contributed by atoms with Crippen LogP contribution < -0.4 is 10.2 Å². The number of hydrogen-bond acceptors (Lipinski definition) is 6. The Bertz CT molecular complexity index is 680. The first-order valence-electron chi connectivity index (χ1n) is 7.60. The van der Waals surface area contributed by atoms with Crippen molar-refractivity contribution in [1.29, 1.82) is 0 Å². The lowest BCUT2D eigenvalue weighted by Gasteiger charge is -2.35. The van der Waals surface area contributed by atoms with Crippen LogP contribution in [0.4, 0.5) is 10.6 Å². The van der Waals surface area contributed by atoms with Crippen molar-refractivity contribution in [3.63, 3.8) is 0 Å². The lowest BCUT2D eigenvalue weighted by molar-refractivity contribution is 0.194. The molecule has 0 saturated carbocycles. The van der Waals surface area contributed by atoms with E-state index in [0.29, 0.717) is 19.6 Å². The summed E-state index contributed by atoms with van der Waals surface area (Å²) < 4.78 is 0. The number of urea groups is 1. The van der Waals surface area contributed by atoms with E-state index in [1.165, 1.54) is 0 Å². The van der Waals surface area contributed by atoms with Gasteiger partial charge in [-0.15, -0.1) is 11.3 Å². The van der Waals surface area contributed by atoms with Crippen LogP contribution in [-0.2, 0) is 6.54 Å². The second kappa shape index (κ2) is 6.91. The number of thiazole rings is 1. The number of aryl methyl sites for hydroxylation is 2. The van der Waals surface area contributed by atoms with Gasteiger partial charge in [0.1, 0.15) is 11.6 Å². The van der Waals surface area contributed by atoms with Gasteiger partial charge in [-0.05, 0) is 19.9 Å². The molecule has 0 bridgehead atoms. The van der Waals surface area contributed by atoms with Crippen molar-refractivity contribution in [1.82, 2.24) is 25.2 Å². The predicted octanol–water partition coefficient (Wildman–Crippen LogP) is 1.58. The summed E-state index contributed by atoms with van der Waals surface area (Å²) in [6.07, 6.45) is 1.77. The monoisotopic (exact) mass is 332 g/mol.